The van der Waals surface area contributed by atoms with E-state index in [0.717, 1.165) is 12.2 Å². The van der Waals surface area contributed by atoms with E-state index < -0.39 is 0 Å². The van der Waals surface area contributed by atoms with Crippen LogP contribution in [0.3, 0.4) is 0 Å². The maximum atomic E-state index is 11.5. The Morgan fingerprint density at radius 3 is 2.92 bits per heavy atom. The first-order valence-electron chi connectivity index (χ1n) is 4.19. The minimum absolute atomic E-state index is 0.138. The molecule has 0 saturated carbocycles. The summed E-state index contributed by atoms with van der Waals surface area (Å²) in [5, 5.41) is 6.93. The first kappa shape index (κ1) is 9.73. The summed E-state index contributed by atoms with van der Waals surface area (Å²) in [6.07, 6.45) is 1.62. The standard InChI is InChI=1S/C8H14N4O/c1-3-10-7-5-11-12(2)8(13)6(7)4-9/h5,10H,3-4,9H2,1-2H3. The molecule has 1 aromatic heterocycles. The molecule has 0 radical (unpaired) electrons. The van der Waals surface area contributed by atoms with Gasteiger partial charge in [-0.3, -0.25) is 4.79 Å². The summed E-state index contributed by atoms with van der Waals surface area (Å²) in [7, 11) is 1.61. The quantitative estimate of drug-likeness (QED) is 0.671. The molecule has 0 amide bonds. The number of aryl methyl sites for hydroxylation is 1. The molecule has 5 heteroatoms. The van der Waals surface area contributed by atoms with Crippen molar-refractivity contribution in [2.75, 3.05) is 11.9 Å². The normalized spacial score (nSPS) is 10.1. The van der Waals surface area contributed by atoms with Crippen LogP contribution >= 0.6 is 0 Å². The largest absolute Gasteiger partial charge is 0.384 e. The van der Waals surface area contributed by atoms with Crippen LogP contribution in [0.25, 0.3) is 0 Å². The molecule has 0 spiro atoms. The molecule has 0 aliphatic carbocycles. The van der Waals surface area contributed by atoms with E-state index in [1.807, 2.05) is 6.92 Å². The topological polar surface area (TPSA) is 72.9 Å². The second kappa shape index (κ2) is 4.04. The van der Waals surface area contributed by atoms with Gasteiger partial charge in [-0.05, 0) is 6.92 Å². The van der Waals surface area contributed by atoms with Crippen LogP contribution in [-0.4, -0.2) is 16.3 Å². The van der Waals surface area contributed by atoms with Gasteiger partial charge in [0.15, 0.2) is 0 Å². The lowest BCUT2D eigenvalue weighted by molar-refractivity contribution is 0.694. The second-order valence-corrected chi connectivity index (χ2v) is 2.70. The molecule has 1 rings (SSSR count). The van der Waals surface area contributed by atoms with Crippen molar-refractivity contribution >= 4 is 5.69 Å². The molecular formula is C8H14N4O. The Bertz CT molecular complexity index is 344. The van der Waals surface area contributed by atoms with E-state index in [1.54, 1.807) is 13.2 Å². The SMILES string of the molecule is CCNc1cnn(C)c(=O)c1CN. The van der Waals surface area contributed by atoms with Crippen LogP contribution < -0.4 is 16.6 Å². The monoisotopic (exact) mass is 182 g/mol. The summed E-state index contributed by atoms with van der Waals surface area (Å²) in [5.41, 5.74) is 6.64. The number of nitrogens with two attached hydrogens (primary N) is 1. The molecular weight excluding hydrogens is 168 g/mol. The smallest absolute Gasteiger partial charge is 0.273 e. The van der Waals surface area contributed by atoms with Crippen LogP contribution in [0.1, 0.15) is 12.5 Å². The predicted octanol–water partition coefficient (Wildman–Crippen LogP) is -0.329. The van der Waals surface area contributed by atoms with E-state index in [4.69, 9.17) is 5.73 Å². The van der Waals surface area contributed by atoms with E-state index in [2.05, 4.69) is 10.4 Å². The van der Waals surface area contributed by atoms with Crippen LogP contribution in [0, 0.1) is 0 Å². The highest BCUT2D eigenvalue weighted by Gasteiger charge is 2.06. The van der Waals surface area contributed by atoms with Crippen molar-refractivity contribution in [3.05, 3.63) is 22.1 Å². The molecule has 0 aliphatic heterocycles. The van der Waals surface area contributed by atoms with Crippen molar-refractivity contribution in [3.8, 4) is 0 Å². The van der Waals surface area contributed by atoms with Gasteiger partial charge in [0.2, 0.25) is 0 Å². The fourth-order valence-electron chi connectivity index (χ4n) is 1.13. The number of hydrogen-bond donors (Lipinski definition) is 2. The van der Waals surface area contributed by atoms with E-state index >= 15 is 0 Å². The van der Waals surface area contributed by atoms with E-state index in [-0.39, 0.29) is 12.1 Å². The van der Waals surface area contributed by atoms with Crippen molar-refractivity contribution < 1.29 is 0 Å². The van der Waals surface area contributed by atoms with Crippen molar-refractivity contribution in [2.24, 2.45) is 12.8 Å². The number of rotatable bonds is 3. The zero-order chi connectivity index (χ0) is 9.84. The average molecular weight is 182 g/mol. The van der Waals surface area contributed by atoms with Crippen molar-refractivity contribution in [2.45, 2.75) is 13.5 Å². The molecule has 13 heavy (non-hydrogen) atoms. The van der Waals surface area contributed by atoms with Crippen LogP contribution in [0.4, 0.5) is 5.69 Å². The van der Waals surface area contributed by atoms with Gasteiger partial charge in [0.1, 0.15) is 0 Å². The third-order valence-electron chi connectivity index (χ3n) is 1.81. The first-order chi connectivity index (χ1) is 6.20. The molecule has 0 atom stereocenters. The molecule has 0 bridgehead atoms. The van der Waals surface area contributed by atoms with Gasteiger partial charge in [0.25, 0.3) is 5.56 Å². The lowest BCUT2D eigenvalue weighted by Crippen LogP contribution is -2.26. The third kappa shape index (κ3) is 1.86. The summed E-state index contributed by atoms with van der Waals surface area (Å²) >= 11 is 0. The second-order valence-electron chi connectivity index (χ2n) is 2.70. The number of hydrogen-bond acceptors (Lipinski definition) is 4. The summed E-state index contributed by atoms with van der Waals surface area (Å²) in [4.78, 5) is 11.5. The fraction of sp³-hybridized carbons (Fsp3) is 0.500. The lowest BCUT2D eigenvalue weighted by Gasteiger charge is -2.08. The van der Waals surface area contributed by atoms with Gasteiger partial charge in [-0.25, -0.2) is 4.68 Å². The Morgan fingerprint density at radius 2 is 2.38 bits per heavy atom. The van der Waals surface area contributed by atoms with Crippen molar-refractivity contribution in [3.63, 3.8) is 0 Å². The highest BCUT2D eigenvalue weighted by Crippen LogP contribution is 2.06. The lowest BCUT2D eigenvalue weighted by atomic mass is 10.2. The third-order valence-corrected chi connectivity index (χ3v) is 1.81. The summed E-state index contributed by atoms with van der Waals surface area (Å²) < 4.78 is 1.28. The summed E-state index contributed by atoms with van der Waals surface area (Å²) in [5.74, 6) is 0. The average Bonchev–Trinajstić information content (AvgIpc) is 2.12. The van der Waals surface area contributed by atoms with Crippen LogP contribution in [0.2, 0.25) is 0 Å². The zero-order valence-electron chi connectivity index (χ0n) is 7.87. The van der Waals surface area contributed by atoms with Crippen LogP contribution in [-0.2, 0) is 13.6 Å². The maximum absolute atomic E-state index is 11.5. The van der Waals surface area contributed by atoms with Crippen molar-refractivity contribution in [1.29, 1.82) is 0 Å². The number of anilines is 1. The Balaban J connectivity index is 3.22. The first-order valence-corrected chi connectivity index (χ1v) is 4.19. The molecule has 0 unspecified atom stereocenters. The van der Waals surface area contributed by atoms with Gasteiger partial charge in [-0.1, -0.05) is 0 Å². The molecule has 0 aromatic carbocycles. The Labute approximate surface area is 76.6 Å². The maximum Gasteiger partial charge on any atom is 0.273 e. The zero-order valence-corrected chi connectivity index (χ0v) is 7.87. The molecule has 0 saturated heterocycles. The Hall–Kier alpha value is -1.36. The van der Waals surface area contributed by atoms with Gasteiger partial charge >= 0.3 is 0 Å². The van der Waals surface area contributed by atoms with Gasteiger partial charge in [-0.2, -0.15) is 5.10 Å². The van der Waals surface area contributed by atoms with Crippen LogP contribution in [0.5, 0.6) is 0 Å². The van der Waals surface area contributed by atoms with Crippen LogP contribution in [0.15, 0.2) is 11.0 Å². The summed E-state index contributed by atoms with van der Waals surface area (Å²) in [6.45, 7) is 2.94. The van der Waals surface area contributed by atoms with Crippen molar-refractivity contribution in [1.82, 2.24) is 9.78 Å². The molecule has 72 valence electrons. The number of nitrogens with one attached hydrogen (secondary N) is 1. The van der Waals surface area contributed by atoms with Gasteiger partial charge < -0.3 is 11.1 Å². The molecule has 0 fully saturated rings. The minimum Gasteiger partial charge on any atom is -0.384 e. The summed E-state index contributed by atoms with van der Waals surface area (Å²) in [6, 6.07) is 0. The van der Waals surface area contributed by atoms with Gasteiger partial charge in [0, 0.05) is 20.1 Å². The number of nitrogens with zero attached hydrogens (tertiary/aromatic N) is 2. The highest BCUT2D eigenvalue weighted by atomic mass is 16.1. The minimum atomic E-state index is -0.138. The Kier molecular flexibility index (Phi) is 3.02. The van der Waals surface area contributed by atoms with Gasteiger partial charge in [0.05, 0.1) is 17.4 Å². The Morgan fingerprint density at radius 1 is 1.69 bits per heavy atom. The molecule has 1 heterocycles. The van der Waals surface area contributed by atoms with E-state index in [0.29, 0.717) is 5.56 Å². The van der Waals surface area contributed by atoms with Gasteiger partial charge in [-0.15, -0.1) is 0 Å². The van der Waals surface area contributed by atoms with E-state index in [9.17, 15) is 4.79 Å². The molecule has 3 N–H and O–H groups in total. The fourth-order valence-corrected chi connectivity index (χ4v) is 1.13. The molecule has 0 aliphatic rings. The highest BCUT2D eigenvalue weighted by molar-refractivity contribution is 5.47. The predicted molar refractivity (Wildman–Crippen MR) is 51.5 cm³/mol. The molecule has 5 nitrogen and oxygen atoms in total. The molecule has 1 aromatic rings. The number of aromatic nitrogens is 2. The van der Waals surface area contributed by atoms with E-state index in [1.165, 1.54) is 4.68 Å².